The fourth-order valence-corrected chi connectivity index (χ4v) is 0.978. The standard InChI is InChI=1S/C12H14O/c1-3-8-11(4-2)13-12-9-6-5-7-10-12/h3-10H,1-2H3. The Balaban J connectivity index is 2.68. The zero-order valence-electron chi connectivity index (χ0n) is 8.03. The second-order valence-corrected chi connectivity index (χ2v) is 2.61. The van der Waals surface area contributed by atoms with Crippen LogP contribution in [-0.2, 0) is 0 Å². The minimum atomic E-state index is 0.869. The molecule has 1 heteroatoms. The zero-order chi connectivity index (χ0) is 9.52. The lowest BCUT2D eigenvalue weighted by molar-refractivity contribution is 0.443. The van der Waals surface area contributed by atoms with Crippen molar-refractivity contribution in [3.8, 4) is 5.75 Å². The van der Waals surface area contributed by atoms with Crippen molar-refractivity contribution in [2.75, 3.05) is 0 Å². The molecule has 0 aliphatic heterocycles. The van der Waals surface area contributed by atoms with E-state index in [1.807, 2.05) is 62.4 Å². The van der Waals surface area contributed by atoms with Crippen LogP contribution >= 0.6 is 0 Å². The molecule has 0 amide bonds. The maximum absolute atomic E-state index is 5.58. The average Bonchev–Trinajstić information content (AvgIpc) is 2.19. The largest absolute Gasteiger partial charge is 0.458 e. The SMILES string of the molecule is CC=CC(=CC)Oc1ccccc1. The van der Waals surface area contributed by atoms with Crippen molar-refractivity contribution in [2.24, 2.45) is 0 Å². The number of hydrogen-bond acceptors (Lipinski definition) is 1. The molecular formula is C12H14O. The molecule has 0 heterocycles. The Morgan fingerprint density at radius 3 is 2.38 bits per heavy atom. The third-order valence-corrected chi connectivity index (χ3v) is 1.59. The normalized spacial score (nSPS) is 12.0. The van der Waals surface area contributed by atoms with Gasteiger partial charge in [0.25, 0.3) is 0 Å². The molecule has 0 atom stereocenters. The van der Waals surface area contributed by atoms with Gasteiger partial charge < -0.3 is 4.74 Å². The summed E-state index contributed by atoms with van der Waals surface area (Å²) in [5.74, 6) is 1.74. The molecule has 0 aromatic heterocycles. The molecule has 68 valence electrons. The van der Waals surface area contributed by atoms with Gasteiger partial charge in [0.2, 0.25) is 0 Å². The molecule has 0 aliphatic rings. The Bertz CT molecular complexity index is 296. The Hall–Kier alpha value is -1.50. The van der Waals surface area contributed by atoms with Crippen LogP contribution in [-0.4, -0.2) is 0 Å². The van der Waals surface area contributed by atoms with E-state index in [2.05, 4.69) is 0 Å². The number of rotatable bonds is 3. The lowest BCUT2D eigenvalue weighted by atomic mass is 10.3. The maximum Gasteiger partial charge on any atom is 0.127 e. The van der Waals surface area contributed by atoms with E-state index in [1.165, 1.54) is 0 Å². The Kier molecular flexibility index (Phi) is 3.83. The number of para-hydroxylation sites is 1. The van der Waals surface area contributed by atoms with E-state index in [1.54, 1.807) is 0 Å². The number of hydrogen-bond donors (Lipinski definition) is 0. The highest BCUT2D eigenvalue weighted by Gasteiger charge is 1.92. The second-order valence-electron chi connectivity index (χ2n) is 2.61. The minimum Gasteiger partial charge on any atom is -0.458 e. The quantitative estimate of drug-likeness (QED) is 0.503. The Morgan fingerprint density at radius 2 is 1.85 bits per heavy atom. The van der Waals surface area contributed by atoms with Crippen molar-refractivity contribution in [2.45, 2.75) is 13.8 Å². The molecule has 0 fully saturated rings. The number of benzene rings is 1. The van der Waals surface area contributed by atoms with E-state index in [0.717, 1.165) is 11.5 Å². The molecule has 1 aromatic rings. The Morgan fingerprint density at radius 1 is 1.15 bits per heavy atom. The van der Waals surface area contributed by atoms with Gasteiger partial charge in [0.05, 0.1) is 0 Å². The van der Waals surface area contributed by atoms with E-state index >= 15 is 0 Å². The Labute approximate surface area is 79.4 Å². The van der Waals surface area contributed by atoms with Crippen LogP contribution in [0, 0.1) is 0 Å². The van der Waals surface area contributed by atoms with Crippen LogP contribution in [0.25, 0.3) is 0 Å². The van der Waals surface area contributed by atoms with Gasteiger partial charge in [0.1, 0.15) is 11.5 Å². The first-order valence-electron chi connectivity index (χ1n) is 4.38. The highest BCUT2D eigenvalue weighted by atomic mass is 16.5. The first-order chi connectivity index (χ1) is 6.36. The molecule has 0 saturated carbocycles. The van der Waals surface area contributed by atoms with Crippen LogP contribution in [0.5, 0.6) is 5.75 Å². The predicted molar refractivity (Wildman–Crippen MR) is 55.6 cm³/mol. The first-order valence-corrected chi connectivity index (χ1v) is 4.38. The third kappa shape index (κ3) is 3.16. The van der Waals surface area contributed by atoms with Gasteiger partial charge in [-0.05, 0) is 38.1 Å². The summed E-state index contributed by atoms with van der Waals surface area (Å²) >= 11 is 0. The van der Waals surface area contributed by atoms with Crippen molar-refractivity contribution >= 4 is 0 Å². The molecule has 0 N–H and O–H groups in total. The smallest absolute Gasteiger partial charge is 0.127 e. The molecule has 0 saturated heterocycles. The summed E-state index contributed by atoms with van der Waals surface area (Å²) in [6.07, 6.45) is 5.83. The molecule has 13 heavy (non-hydrogen) atoms. The summed E-state index contributed by atoms with van der Waals surface area (Å²) in [5.41, 5.74) is 0. The van der Waals surface area contributed by atoms with Crippen molar-refractivity contribution in [3.05, 3.63) is 54.3 Å². The van der Waals surface area contributed by atoms with Crippen molar-refractivity contribution < 1.29 is 4.74 Å². The minimum absolute atomic E-state index is 0.869. The van der Waals surface area contributed by atoms with Gasteiger partial charge in [-0.25, -0.2) is 0 Å². The van der Waals surface area contributed by atoms with E-state index in [9.17, 15) is 0 Å². The van der Waals surface area contributed by atoms with Gasteiger partial charge in [0, 0.05) is 0 Å². The van der Waals surface area contributed by atoms with E-state index in [0.29, 0.717) is 0 Å². The van der Waals surface area contributed by atoms with Crippen molar-refractivity contribution in [1.82, 2.24) is 0 Å². The molecule has 1 aromatic carbocycles. The zero-order valence-corrected chi connectivity index (χ0v) is 8.03. The molecule has 0 unspecified atom stereocenters. The molecular weight excluding hydrogens is 160 g/mol. The van der Waals surface area contributed by atoms with Gasteiger partial charge in [-0.1, -0.05) is 24.3 Å². The molecule has 1 rings (SSSR count). The van der Waals surface area contributed by atoms with E-state index in [4.69, 9.17) is 4.74 Å². The molecule has 0 spiro atoms. The fraction of sp³-hybridized carbons (Fsp3) is 0.167. The first kappa shape index (κ1) is 9.59. The lowest BCUT2D eigenvalue weighted by Gasteiger charge is -2.04. The van der Waals surface area contributed by atoms with Crippen LogP contribution in [0.1, 0.15) is 13.8 Å². The van der Waals surface area contributed by atoms with Crippen LogP contribution in [0.3, 0.4) is 0 Å². The average molecular weight is 174 g/mol. The van der Waals surface area contributed by atoms with Gasteiger partial charge in [-0.2, -0.15) is 0 Å². The highest BCUT2D eigenvalue weighted by Crippen LogP contribution is 2.13. The van der Waals surface area contributed by atoms with Crippen molar-refractivity contribution in [1.29, 1.82) is 0 Å². The topological polar surface area (TPSA) is 9.23 Å². The highest BCUT2D eigenvalue weighted by molar-refractivity contribution is 5.25. The van der Waals surface area contributed by atoms with Gasteiger partial charge in [-0.3, -0.25) is 0 Å². The van der Waals surface area contributed by atoms with Crippen LogP contribution in [0.2, 0.25) is 0 Å². The summed E-state index contributed by atoms with van der Waals surface area (Å²) < 4.78 is 5.58. The summed E-state index contributed by atoms with van der Waals surface area (Å²) in [5, 5.41) is 0. The van der Waals surface area contributed by atoms with E-state index < -0.39 is 0 Å². The molecule has 0 aliphatic carbocycles. The number of ether oxygens (including phenoxy) is 1. The second kappa shape index (κ2) is 5.20. The maximum atomic E-state index is 5.58. The van der Waals surface area contributed by atoms with E-state index in [-0.39, 0.29) is 0 Å². The fourth-order valence-electron chi connectivity index (χ4n) is 0.978. The van der Waals surface area contributed by atoms with Crippen LogP contribution < -0.4 is 4.74 Å². The van der Waals surface area contributed by atoms with Crippen LogP contribution in [0.15, 0.2) is 54.3 Å². The molecule has 0 bridgehead atoms. The summed E-state index contributed by atoms with van der Waals surface area (Å²) in [4.78, 5) is 0. The summed E-state index contributed by atoms with van der Waals surface area (Å²) in [6, 6.07) is 9.76. The monoisotopic (exact) mass is 174 g/mol. The summed E-state index contributed by atoms with van der Waals surface area (Å²) in [7, 11) is 0. The number of allylic oxidation sites excluding steroid dienone is 3. The lowest BCUT2D eigenvalue weighted by Crippen LogP contribution is -1.90. The van der Waals surface area contributed by atoms with Gasteiger partial charge in [-0.15, -0.1) is 0 Å². The van der Waals surface area contributed by atoms with Crippen molar-refractivity contribution in [3.63, 3.8) is 0 Å². The van der Waals surface area contributed by atoms with Crippen LogP contribution in [0.4, 0.5) is 0 Å². The van der Waals surface area contributed by atoms with Gasteiger partial charge >= 0.3 is 0 Å². The predicted octanol–water partition coefficient (Wildman–Crippen LogP) is 3.55. The molecule has 0 radical (unpaired) electrons. The molecule has 1 nitrogen and oxygen atoms in total. The van der Waals surface area contributed by atoms with Gasteiger partial charge in [0.15, 0.2) is 0 Å². The third-order valence-electron chi connectivity index (χ3n) is 1.59. The summed E-state index contributed by atoms with van der Waals surface area (Å²) in [6.45, 7) is 3.93.